The van der Waals surface area contributed by atoms with Crippen LogP contribution in [0.25, 0.3) is 33.1 Å². The van der Waals surface area contributed by atoms with Gasteiger partial charge in [-0.15, -0.1) is 0 Å². The largest absolute Gasteiger partial charge is 0.396 e. The number of imidazole rings is 1. The standard InChI is InChI=1S/C33H36F2N8O4/c1-40-30-23(3-2-4-26(30)43(33(40)46)27-11-12-28(44)38-32(27)45)20-7-10-25-21(15-20)16-37-41(25)13-14-47-18-19-5-8-22(9-6-19)42-17-24(36)29(39-42)31(34)35/h2-4,7,10,15-17,19,22,27,31H,5-6,8-9,11-14,18,36H2,1H3,(H,38,44,45)/t19-,22-,27?. The quantitative estimate of drug-likeness (QED) is 0.177. The van der Waals surface area contributed by atoms with E-state index in [0.29, 0.717) is 36.7 Å². The van der Waals surface area contributed by atoms with Gasteiger partial charge in [-0.1, -0.05) is 18.2 Å². The Bertz CT molecular complexity index is 2040. The van der Waals surface area contributed by atoms with Crippen molar-refractivity contribution in [2.75, 3.05) is 18.9 Å². The Morgan fingerprint density at radius 1 is 1.06 bits per heavy atom. The number of rotatable bonds is 9. The van der Waals surface area contributed by atoms with E-state index in [4.69, 9.17) is 10.5 Å². The number of ether oxygens (including phenoxy) is 1. The van der Waals surface area contributed by atoms with Crippen LogP contribution in [0.3, 0.4) is 0 Å². The molecule has 246 valence electrons. The van der Waals surface area contributed by atoms with E-state index in [0.717, 1.165) is 47.7 Å². The highest BCUT2D eigenvalue weighted by Gasteiger charge is 2.32. The number of nitrogens with one attached hydrogen (secondary N) is 1. The van der Waals surface area contributed by atoms with Crippen molar-refractivity contribution in [3.63, 3.8) is 0 Å². The summed E-state index contributed by atoms with van der Waals surface area (Å²) in [6.07, 6.45) is 4.66. The van der Waals surface area contributed by atoms with E-state index in [9.17, 15) is 23.2 Å². The van der Waals surface area contributed by atoms with E-state index in [-0.39, 0.29) is 41.9 Å². The summed E-state index contributed by atoms with van der Waals surface area (Å²) in [5.41, 5.74) is 9.17. The number of carbonyl (C=O) groups excluding carboxylic acids is 2. The minimum absolute atomic E-state index is 0.0406. The van der Waals surface area contributed by atoms with Gasteiger partial charge in [0.15, 0.2) is 5.69 Å². The molecule has 47 heavy (non-hydrogen) atoms. The Balaban J connectivity index is 0.995. The van der Waals surface area contributed by atoms with Crippen LogP contribution < -0.4 is 16.7 Å². The molecule has 7 rings (SSSR count). The first-order valence-corrected chi connectivity index (χ1v) is 15.9. The molecule has 2 amide bonds. The summed E-state index contributed by atoms with van der Waals surface area (Å²) in [6, 6.07) is 11.0. The van der Waals surface area contributed by atoms with Crippen LogP contribution >= 0.6 is 0 Å². The van der Waals surface area contributed by atoms with Gasteiger partial charge in [0.05, 0.1) is 47.6 Å². The fraction of sp³-hybridized carbons (Fsp3) is 0.424. The number of nitrogens with zero attached hydrogens (tertiary/aromatic N) is 6. The van der Waals surface area contributed by atoms with Gasteiger partial charge in [0.2, 0.25) is 11.8 Å². The molecule has 3 N–H and O–H groups in total. The predicted molar refractivity (Wildman–Crippen MR) is 171 cm³/mol. The zero-order valence-electron chi connectivity index (χ0n) is 25.9. The van der Waals surface area contributed by atoms with Gasteiger partial charge in [0.1, 0.15) is 6.04 Å². The average Bonchev–Trinajstić information content (AvgIpc) is 3.73. The molecule has 0 bridgehead atoms. The molecular formula is C33H36F2N8O4. The number of alkyl halides is 2. The van der Waals surface area contributed by atoms with E-state index in [1.54, 1.807) is 16.3 Å². The zero-order chi connectivity index (χ0) is 32.8. The maximum Gasteiger partial charge on any atom is 0.329 e. The second-order valence-corrected chi connectivity index (χ2v) is 12.5. The number of imide groups is 1. The Morgan fingerprint density at radius 3 is 2.62 bits per heavy atom. The summed E-state index contributed by atoms with van der Waals surface area (Å²) in [5.74, 6) is -0.392. The molecule has 12 nitrogen and oxygen atoms in total. The van der Waals surface area contributed by atoms with Crippen LogP contribution in [0, 0.1) is 5.92 Å². The minimum Gasteiger partial charge on any atom is -0.396 e. The minimum atomic E-state index is -2.67. The van der Waals surface area contributed by atoms with Gasteiger partial charge in [-0.05, 0) is 61.8 Å². The summed E-state index contributed by atoms with van der Waals surface area (Å²) in [7, 11) is 1.69. The van der Waals surface area contributed by atoms with Gasteiger partial charge in [-0.25, -0.2) is 13.6 Å². The van der Waals surface area contributed by atoms with Crippen LogP contribution in [-0.4, -0.2) is 53.7 Å². The first-order valence-electron chi connectivity index (χ1n) is 15.9. The second kappa shape index (κ2) is 12.4. The van der Waals surface area contributed by atoms with Crippen LogP contribution in [0.1, 0.15) is 62.7 Å². The van der Waals surface area contributed by atoms with Gasteiger partial charge >= 0.3 is 5.69 Å². The molecule has 1 atom stereocenters. The third kappa shape index (κ3) is 5.70. The maximum atomic E-state index is 13.4. The highest BCUT2D eigenvalue weighted by molar-refractivity contribution is 6.01. The second-order valence-electron chi connectivity index (χ2n) is 12.5. The molecule has 0 spiro atoms. The molecular weight excluding hydrogens is 610 g/mol. The number of anilines is 1. The van der Waals surface area contributed by atoms with Crippen LogP contribution in [-0.2, 0) is 27.9 Å². The summed E-state index contributed by atoms with van der Waals surface area (Å²) >= 11 is 0. The van der Waals surface area contributed by atoms with E-state index >= 15 is 0 Å². The van der Waals surface area contributed by atoms with Crippen LogP contribution in [0.15, 0.2) is 53.6 Å². The van der Waals surface area contributed by atoms with Crippen molar-refractivity contribution in [1.82, 2.24) is 34.0 Å². The molecule has 1 saturated carbocycles. The first-order chi connectivity index (χ1) is 22.7. The third-order valence-electron chi connectivity index (χ3n) is 9.57. The van der Waals surface area contributed by atoms with Crippen LogP contribution in [0.2, 0.25) is 0 Å². The molecule has 1 unspecified atom stereocenters. The van der Waals surface area contributed by atoms with Crippen molar-refractivity contribution >= 4 is 39.4 Å². The van der Waals surface area contributed by atoms with Crippen molar-refractivity contribution in [3.8, 4) is 11.1 Å². The number of fused-ring (bicyclic) bond motifs is 2. The van der Waals surface area contributed by atoms with Crippen molar-refractivity contribution < 1.29 is 23.1 Å². The summed E-state index contributed by atoms with van der Waals surface area (Å²) in [4.78, 5) is 37.7. The predicted octanol–water partition coefficient (Wildman–Crippen LogP) is 4.50. The Morgan fingerprint density at radius 2 is 1.87 bits per heavy atom. The number of para-hydroxylation sites is 1. The Hall–Kier alpha value is -4.85. The summed E-state index contributed by atoms with van der Waals surface area (Å²) in [6.45, 7) is 1.71. The van der Waals surface area contributed by atoms with Crippen molar-refractivity contribution in [3.05, 3.63) is 65.0 Å². The molecule has 1 saturated heterocycles. The topological polar surface area (TPSA) is 144 Å². The zero-order valence-corrected chi connectivity index (χ0v) is 25.9. The maximum absolute atomic E-state index is 13.4. The van der Waals surface area contributed by atoms with Crippen molar-refractivity contribution in [1.29, 1.82) is 0 Å². The molecule has 2 aliphatic rings. The lowest BCUT2D eigenvalue weighted by atomic mass is 9.86. The fourth-order valence-corrected chi connectivity index (χ4v) is 7.09. The number of nitrogens with two attached hydrogens (primary N) is 1. The molecule has 3 aromatic heterocycles. The first kappa shape index (κ1) is 30.8. The molecule has 2 aromatic carbocycles. The normalized spacial score (nSPS) is 20.5. The van der Waals surface area contributed by atoms with Gasteiger partial charge in [0.25, 0.3) is 6.43 Å². The highest BCUT2D eigenvalue weighted by Crippen LogP contribution is 2.35. The van der Waals surface area contributed by atoms with E-state index in [1.807, 2.05) is 47.3 Å². The molecule has 4 heterocycles. The lowest BCUT2D eigenvalue weighted by Crippen LogP contribution is -2.44. The lowest BCUT2D eigenvalue weighted by molar-refractivity contribution is -0.135. The summed E-state index contributed by atoms with van der Waals surface area (Å²) < 4.78 is 38.7. The van der Waals surface area contributed by atoms with Gasteiger partial charge in [0, 0.05) is 37.2 Å². The number of nitrogen functional groups attached to an aromatic ring is 1. The van der Waals surface area contributed by atoms with Crippen molar-refractivity contribution in [2.45, 2.75) is 63.6 Å². The SMILES string of the molecule is Cn1c(=O)n(C2CCC(=O)NC2=O)c2cccc(-c3ccc4c(cnn4CCOC[C@H]4CC[C@H](n5cc(N)c(C(F)F)n5)CC4)c3)c21. The number of amides is 2. The van der Waals surface area contributed by atoms with E-state index in [1.165, 1.54) is 10.8 Å². The number of hydrogen-bond acceptors (Lipinski definition) is 7. The van der Waals surface area contributed by atoms with Crippen LogP contribution in [0.5, 0.6) is 0 Å². The van der Waals surface area contributed by atoms with Crippen LogP contribution in [0.4, 0.5) is 14.5 Å². The summed E-state index contributed by atoms with van der Waals surface area (Å²) in [5, 5.41) is 11.9. The number of halogens is 2. The number of hydrogen-bond donors (Lipinski definition) is 2. The molecule has 2 fully saturated rings. The Kier molecular flexibility index (Phi) is 8.12. The molecule has 0 radical (unpaired) electrons. The molecule has 1 aliphatic heterocycles. The fourth-order valence-electron chi connectivity index (χ4n) is 7.09. The van der Waals surface area contributed by atoms with Gasteiger partial charge in [-0.3, -0.25) is 33.4 Å². The smallest absolute Gasteiger partial charge is 0.329 e. The van der Waals surface area contributed by atoms with E-state index < -0.39 is 18.4 Å². The molecule has 5 aromatic rings. The highest BCUT2D eigenvalue weighted by atomic mass is 19.3. The monoisotopic (exact) mass is 646 g/mol. The van der Waals surface area contributed by atoms with Gasteiger partial charge in [-0.2, -0.15) is 10.2 Å². The van der Waals surface area contributed by atoms with Crippen molar-refractivity contribution in [2.24, 2.45) is 13.0 Å². The number of benzene rings is 2. The number of carbonyl (C=O) groups is 2. The molecule has 14 heteroatoms. The number of aryl methyl sites for hydroxylation is 1. The van der Waals surface area contributed by atoms with E-state index in [2.05, 4.69) is 15.5 Å². The third-order valence-corrected chi connectivity index (χ3v) is 9.57. The molecule has 1 aliphatic carbocycles. The van der Waals surface area contributed by atoms with Gasteiger partial charge < -0.3 is 10.5 Å². The Labute approximate surface area is 268 Å². The lowest BCUT2D eigenvalue weighted by Gasteiger charge is -2.28. The number of piperidine rings is 1. The average molecular weight is 647 g/mol. The number of aromatic nitrogens is 6.